The molecule has 0 saturated carbocycles. The van der Waals surface area contributed by atoms with Crippen LogP contribution in [0.1, 0.15) is 16.6 Å². The predicted molar refractivity (Wildman–Crippen MR) is 71.0 cm³/mol. The molecule has 1 atom stereocenters. The summed E-state index contributed by atoms with van der Waals surface area (Å²) in [5.41, 5.74) is 2.36. The summed E-state index contributed by atoms with van der Waals surface area (Å²) < 4.78 is 0. The van der Waals surface area contributed by atoms with Gasteiger partial charge in [0.05, 0.1) is 0 Å². The lowest BCUT2D eigenvalue weighted by molar-refractivity contribution is 0.385. The van der Waals surface area contributed by atoms with Crippen LogP contribution in [0.5, 0.6) is 0 Å². The number of fused-ring (bicyclic) bond motifs is 1. The Morgan fingerprint density at radius 1 is 1.00 bits per heavy atom. The Balaban J connectivity index is 2.48. The first kappa shape index (κ1) is 11.4. The normalized spacial score (nSPS) is 13.3. The highest BCUT2D eigenvalue weighted by Gasteiger charge is 2.10. The first-order valence-corrected chi connectivity index (χ1v) is 5.82. The number of hydrogen-bond acceptors (Lipinski definition) is 1. The fourth-order valence-electron chi connectivity index (χ4n) is 1.83. The van der Waals surface area contributed by atoms with Crippen LogP contribution in [0.4, 0.5) is 0 Å². The summed E-state index contributed by atoms with van der Waals surface area (Å²) in [5, 5.41) is 2.52. The molecule has 0 heterocycles. The number of nitrogens with zero attached hydrogens (tertiary/aromatic N) is 1. The smallest absolute Gasteiger partial charge is 0.110 e. The third kappa shape index (κ3) is 2.21. The van der Waals surface area contributed by atoms with Gasteiger partial charge in [-0.2, -0.15) is 0 Å². The van der Waals surface area contributed by atoms with Crippen LogP contribution in [0, 0.1) is 6.92 Å². The van der Waals surface area contributed by atoms with Crippen LogP contribution < -0.4 is 0 Å². The van der Waals surface area contributed by atoms with Crippen molar-refractivity contribution >= 4 is 22.4 Å². The molecule has 1 nitrogen and oxygen atoms in total. The third-order valence-electron chi connectivity index (χ3n) is 2.75. The fraction of sp³-hybridized carbons (Fsp3) is 0.286. The van der Waals surface area contributed by atoms with Crippen molar-refractivity contribution < 1.29 is 0 Å². The van der Waals surface area contributed by atoms with Crippen molar-refractivity contribution in [2.24, 2.45) is 0 Å². The van der Waals surface area contributed by atoms with Crippen LogP contribution in [-0.2, 0) is 0 Å². The highest BCUT2D eigenvalue weighted by molar-refractivity contribution is 6.20. The first-order chi connectivity index (χ1) is 7.58. The van der Waals surface area contributed by atoms with E-state index in [9.17, 15) is 0 Å². The zero-order valence-electron chi connectivity index (χ0n) is 9.87. The van der Waals surface area contributed by atoms with Gasteiger partial charge in [0.15, 0.2) is 0 Å². The van der Waals surface area contributed by atoms with Crippen molar-refractivity contribution in [3.05, 3.63) is 47.5 Å². The fourth-order valence-corrected chi connectivity index (χ4v) is 1.97. The molecule has 0 aliphatic heterocycles. The number of aryl methyl sites for hydroxylation is 1. The molecule has 2 aromatic carbocycles. The van der Waals surface area contributed by atoms with Crippen molar-refractivity contribution in [3.63, 3.8) is 0 Å². The van der Waals surface area contributed by atoms with Gasteiger partial charge in [-0.05, 0) is 43.4 Å². The van der Waals surface area contributed by atoms with Crippen molar-refractivity contribution in [3.8, 4) is 0 Å². The van der Waals surface area contributed by atoms with Gasteiger partial charge in [-0.15, -0.1) is 11.6 Å². The first-order valence-electron chi connectivity index (χ1n) is 5.39. The Morgan fingerprint density at radius 3 is 2.31 bits per heavy atom. The topological polar surface area (TPSA) is 3.24 Å². The Morgan fingerprint density at radius 2 is 1.62 bits per heavy atom. The van der Waals surface area contributed by atoms with Gasteiger partial charge in [-0.3, -0.25) is 4.90 Å². The molecule has 0 spiro atoms. The second-order valence-corrected chi connectivity index (χ2v) is 4.82. The summed E-state index contributed by atoms with van der Waals surface area (Å²) in [5.74, 6) is 0. The van der Waals surface area contributed by atoms with Gasteiger partial charge in [-0.25, -0.2) is 0 Å². The Bertz CT molecular complexity index is 505. The minimum absolute atomic E-state index is 0.0642. The van der Waals surface area contributed by atoms with Crippen molar-refractivity contribution in [1.29, 1.82) is 0 Å². The second-order valence-electron chi connectivity index (χ2n) is 4.41. The predicted octanol–water partition coefficient (Wildman–Crippen LogP) is 3.95. The van der Waals surface area contributed by atoms with Crippen LogP contribution in [0.3, 0.4) is 0 Å². The molecule has 0 aromatic heterocycles. The number of benzene rings is 2. The summed E-state index contributed by atoms with van der Waals surface area (Å²) in [6.07, 6.45) is 0. The van der Waals surface area contributed by atoms with Crippen LogP contribution >= 0.6 is 11.6 Å². The van der Waals surface area contributed by atoms with Crippen molar-refractivity contribution in [2.75, 3.05) is 14.1 Å². The van der Waals surface area contributed by atoms with E-state index in [1.165, 1.54) is 16.3 Å². The molecular weight excluding hydrogens is 218 g/mol. The Hall–Kier alpha value is -1.05. The molecule has 2 heteroatoms. The quantitative estimate of drug-likeness (QED) is 0.561. The van der Waals surface area contributed by atoms with E-state index in [1.807, 2.05) is 19.0 Å². The SMILES string of the molecule is Cc1ccc2cc(C(Cl)N(C)C)ccc2c1. The molecule has 84 valence electrons. The second kappa shape index (κ2) is 4.44. The summed E-state index contributed by atoms with van der Waals surface area (Å²) in [4.78, 5) is 2.00. The largest absolute Gasteiger partial charge is 0.290 e. The van der Waals surface area contributed by atoms with E-state index >= 15 is 0 Å². The summed E-state index contributed by atoms with van der Waals surface area (Å²) in [6, 6.07) is 12.9. The van der Waals surface area contributed by atoms with E-state index < -0.39 is 0 Å². The molecule has 2 aromatic rings. The molecular formula is C14H16ClN. The summed E-state index contributed by atoms with van der Waals surface area (Å²) in [6.45, 7) is 2.11. The molecule has 0 fully saturated rings. The zero-order chi connectivity index (χ0) is 11.7. The molecule has 0 bridgehead atoms. The summed E-state index contributed by atoms with van der Waals surface area (Å²) in [7, 11) is 3.97. The number of hydrogen-bond donors (Lipinski definition) is 0. The van der Waals surface area contributed by atoms with Gasteiger partial charge in [0, 0.05) is 0 Å². The lowest BCUT2D eigenvalue weighted by atomic mass is 10.0. The molecule has 0 amide bonds. The third-order valence-corrected chi connectivity index (χ3v) is 3.39. The maximum atomic E-state index is 6.30. The molecule has 0 N–H and O–H groups in total. The van der Waals surface area contributed by atoms with Crippen LogP contribution in [0.25, 0.3) is 10.8 Å². The van der Waals surface area contributed by atoms with Crippen LogP contribution in [0.15, 0.2) is 36.4 Å². The van der Waals surface area contributed by atoms with E-state index in [1.54, 1.807) is 0 Å². The van der Waals surface area contributed by atoms with Crippen molar-refractivity contribution in [2.45, 2.75) is 12.4 Å². The molecule has 16 heavy (non-hydrogen) atoms. The molecule has 2 rings (SSSR count). The number of halogens is 1. The molecule has 1 unspecified atom stereocenters. The van der Waals surface area contributed by atoms with E-state index in [2.05, 4.69) is 43.3 Å². The van der Waals surface area contributed by atoms with E-state index in [0.717, 1.165) is 5.56 Å². The minimum Gasteiger partial charge on any atom is -0.290 e. The highest BCUT2D eigenvalue weighted by Crippen LogP contribution is 2.26. The van der Waals surface area contributed by atoms with Gasteiger partial charge >= 0.3 is 0 Å². The van der Waals surface area contributed by atoms with Gasteiger partial charge in [0.25, 0.3) is 0 Å². The van der Waals surface area contributed by atoms with Gasteiger partial charge in [0.2, 0.25) is 0 Å². The van der Waals surface area contributed by atoms with Gasteiger partial charge in [-0.1, -0.05) is 35.9 Å². The standard InChI is InChI=1S/C14H16ClN/c1-10-4-5-12-9-13(14(15)16(2)3)7-6-11(12)8-10/h4-9,14H,1-3H3. The zero-order valence-corrected chi connectivity index (χ0v) is 10.6. The lowest BCUT2D eigenvalue weighted by Gasteiger charge is -2.18. The van der Waals surface area contributed by atoms with Gasteiger partial charge < -0.3 is 0 Å². The lowest BCUT2D eigenvalue weighted by Crippen LogP contribution is -2.14. The Kier molecular flexibility index (Phi) is 3.17. The molecule has 0 aliphatic rings. The van der Waals surface area contributed by atoms with Crippen LogP contribution in [0.2, 0.25) is 0 Å². The minimum atomic E-state index is -0.0642. The number of rotatable bonds is 2. The van der Waals surface area contributed by atoms with E-state index in [-0.39, 0.29) is 5.50 Å². The summed E-state index contributed by atoms with van der Waals surface area (Å²) >= 11 is 6.30. The highest BCUT2D eigenvalue weighted by atomic mass is 35.5. The molecule has 0 saturated heterocycles. The molecule has 0 radical (unpaired) electrons. The average molecular weight is 234 g/mol. The monoisotopic (exact) mass is 233 g/mol. The van der Waals surface area contributed by atoms with E-state index in [0.29, 0.717) is 0 Å². The Labute approximate surface area is 102 Å². The van der Waals surface area contributed by atoms with Gasteiger partial charge in [0.1, 0.15) is 5.50 Å². The molecule has 0 aliphatic carbocycles. The number of alkyl halides is 1. The van der Waals surface area contributed by atoms with Crippen LogP contribution in [-0.4, -0.2) is 19.0 Å². The maximum absolute atomic E-state index is 6.30. The van der Waals surface area contributed by atoms with Crippen molar-refractivity contribution in [1.82, 2.24) is 4.90 Å². The average Bonchev–Trinajstić information content (AvgIpc) is 2.27. The maximum Gasteiger partial charge on any atom is 0.110 e. The van der Waals surface area contributed by atoms with E-state index in [4.69, 9.17) is 11.6 Å².